The van der Waals surface area contributed by atoms with Crippen LogP contribution in [-0.4, -0.2) is 98.1 Å². The van der Waals surface area contributed by atoms with Crippen LogP contribution >= 0.6 is 0 Å². The Labute approximate surface area is 170 Å². The fraction of sp³-hybridized carbons (Fsp3) is 0.714. The molecule has 1 aromatic rings. The minimum Gasteiger partial charge on any atom is -0.306 e. The van der Waals surface area contributed by atoms with Crippen molar-refractivity contribution >= 4 is 10.0 Å². The molecule has 0 radical (unpaired) electrons. The minimum absolute atomic E-state index is 0.134. The van der Waals surface area contributed by atoms with E-state index in [1.807, 2.05) is 12.1 Å². The van der Waals surface area contributed by atoms with E-state index in [0.29, 0.717) is 19.1 Å². The van der Waals surface area contributed by atoms with Gasteiger partial charge < -0.3 is 4.90 Å². The number of hydrogen-bond acceptors (Lipinski definition) is 5. The first kappa shape index (κ1) is 20.3. The molecule has 156 valence electrons. The Morgan fingerprint density at radius 3 is 2.07 bits per heavy atom. The predicted molar refractivity (Wildman–Crippen MR) is 113 cm³/mol. The van der Waals surface area contributed by atoms with E-state index in [4.69, 9.17) is 0 Å². The van der Waals surface area contributed by atoms with Crippen LogP contribution in [0, 0.1) is 6.92 Å². The Morgan fingerprint density at radius 2 is 1.46 bits per heavy atom. The molecule has 3 heterocycles. The quantitative estimate of drug-likeness (QED) is 0.753. The number of piperazine rings is 1. The first-order chi connectivity index (χ1) is 13.4. The van der Waals surface area contributed by atoms with E-state index in [0.717, 1.165) is 31.7 Å². The van der Waals surface area contributed by atoms with E-state index in [2.05, 4.69) is 40.8 Å². The largest absolute Gasteiger partial charge is 0.306 e. The highest BCUT2D eigenvalue weighted by Crippen LogP contribution is 2.24. The fourth-order valence-corrected chi connectivity index (χ4v) is 6.62. The average Bonchev–Trinajstić information content (AvgIpc) is 2.99. The third-order valence-electron chi connectivity index (χ3n) is 6.76. The van der Waals surface area contributed by atoms with E-state index in [-0.39, 0.29) is 11.8 Å². The number of rotatable bonds is 4. The maximum atomic E-state index is 12.7. The second kappa shape index (κ2) is 8.40. The molecule has 3 aliphatic rings. The van der Waals surface area contributed by atoms with Crippen LogP contribution < -0.4 is 0 Å². The molecule has 7 heteroatoms. The molecule has 1 aromatic carbocycles. The topological polar surface area (TPSA) is 47.1 Å². The van der Waals surface area contributed by atoms with Crippen LogP contribution in [0.1, 0.15) is 24.0 Å². The summed E-state index contributed by atoms with van der Waals surface area (Å²) in [5.74, 6) is 0.271. The highest BCUT2D eigenvalue weighted by atomic mass is 32.2. The first-order valence-electron chi connectivity index (χ1n) is 10.6. The maximum Gasteiger partial charge on any atom is 0.216 e. The van der Waals surface area contributed by atoms with E-state index in [1.54, 1.807) is 4.31 Å². The number of likely N-dealkylation sites (tertiary alicyclic amines) is 1. The smallest absolute Gasteiger partial charge is 0.216 e. The van der Waals surface area contributed by atoms with Crippen molar-refractivity contribution in [2.24, 2.45) is 0 Å². The van der Waals surface area contributed by atoms with Crippen molar-refractivity contribution in [3.05, 3.63) is 35.4 Å². The van der Waals surface area contributed by atoms with Crippen LogP contribution in [0.25, 0.3) is 0 Å². The summed E-state index contributed by atoms with van der Waals surface area (Å²) in [5.41, 5.74) is 2.27. The standard InChI is InChI=1S/C21H34N4O2S/c1-18-3-5-19(6-4-18)15-25-16-21(17-28(25,26)27)24-13-11-23(12-14-24)20-7-9-22(2)10-8-20/h3-6,20-21H,7-17H2,1-2H3. The SMILES string of the molecule is Cc1ccc(CN2CC(N3CCN(C4CCN(C)CC4)CC3)CS2(=O)=O)cc1. The molecule has 3 saturated heterocycles. The lowest BCUT2D eigenvalue weighted by Crippen LogP contribution is -2.55. The summed E-state index contributed by atoms with van der Waals surface area (Å²) in [6, 6.07) is 9.03. The number of sulfonamides is 1. The summed E-state index contributed by atoms with van der Waals surface area (Å²) < 4.78 is 27.1. The van der Waals surface area contributed by atoms with Gasteiger partial charge in [0, 0.05) is 51.4 Å². The lowest BCUT2D eigenvalue weighted by atomic mass is 10.0. The van der Waals surface area contributed by atoms with Gasteiger partial charge in [-0.3, -0.25) is 9.80 Å². The minimum atomic E-state index is -3.16. The highest BCUT2D eigenvalue weighted by Gasteiger charge is 2.40. The van der Waals surface area contributed by atoms with Gasteiger partial charge in [-0.15, -0.1) is 0 Å². The van der Waals surface area contributed by atoms with Gasteiger partial charge in [0.1, 0.15) is 0 Å². The highest BCUT2D eigenvalue weighted by molar-refractivity contribution is 7.89. The molecule has 6 nitrogen and oxygen atoms in total. The molecule has 0 spiro atoms. The molecule has 3 fully saturated rings. The van der Waals surface area contributed by atoms with Crippen LogP contribution in [0.2, 0.25) is 0 Å². The molecule has 28 heavy (non-hydrogen) atoms. The average molecular weight is 407 g/mol. The van der Waals surface area contributed by atoms with Crippen molar-refractivity contribution in [2.75, 3.05) is 58.6 Å². The lowest BCUT2D eigenvalue weighted by molar-refractivity contribution is 0.0496. The summed E-state index contributed by atoms with van der Waals surface area (Å²) >= 11 is 0. The first-order valence-corrected chi connectivity index (χ1v) is 12.2. The molecular weight excluding hydrogens is 372 g/mol. The van der Waals surface area contributed by atoms with Crippen molar-refractivity contribution in [3.8, 4) is 0 Å². The van der Waals surface area contributed by atoms with Crippen LogP contribution in [0.4, 0.5) is 0 Å². The predicted octanol–water partition coefficient (Wildman–Crippen LogP) is 1.22. The van der Waals surface area contributed by atoms with Crippen LogP contribution in [0.3, 0.4) is 0 Å². The normalized spacial score (nSPS) is 28.7. The summed E-state index contributed by atoms with van der Waals surface area (Å²) in [6.45, 7) is 9.69. The van der Waals surface area contributed by atoms with Gasteiger partial charge in [-0.25, -0.2) is 8.42 Å². The van der Waals surface area contributed by atoms with Gasteiger partial charge in [0.25, 0.3) is 0 Å². The maximum absolute atomic E-state index is 12.7. The molecule has 0 saturated carbocycles. The summed E-state index contributed by atoms with van der Waals surface area (Å²) in [5, 5.41) is 0. The van der Waals surface area contributed by atoms with Crippen molar-refractivity contribution < 1.29 is 8.42 Å². The Morgan fingerprint density at radius 1 is 0.893 bits per heavy atom. The molecule has 1 unspecified atom stereocenters. The van der Waals surface area contributed by atoms with Crippen LogP contribution in [-0.2, 0) is 16.6 Å². The van der Waals surface area contributed by atoms with Gasteiger partial charge in [0.15, 0.2) is 0 Å². The van der Waals surface area contributed by atoms with Gasteiger partial charge >= 0.3 is 0 Å². The zero-order valence-corrected chi connectivity index (χ0v) is 18.1. The molecular formula is C21H34N4O2S. The molecule has 1 atom stereocenters. The Hall–Kier alpha value is -0.990. The van der Waals surface area contributed by atoms with Crippen LogP contribution in [0.15, 0.2) is 24.3 Å². The second-order valence-corrected chi connectivity index (χ2v) is 10.8. The number of piperidine rings is 1. The molecule has 0 aromatic heterocycles. The zero-order valence-electron chi connectivity index (χ0n) is 17.3. The van der Waals surface area contributed by atoms with E-state index < -0.39 is 10.0 Å². The number of nitrogens with zero attached hydrogens (tertiary/aromatic N) is 4. The molecule has 0 N–H and O–H groups in total. The number of hydrogen-bond donors (Lipinski definition) is 0. The molecule has 0 amide bonds. The Balaban J connectivity index is 1.31. The van der Waals surface area contributed by atoms with Gasteiger partial charge in [-0.2, -0.15) is 4.31 Å². The second-order valence-electron chi connectivity index (χ2n) is 8.82. The summed E-state index contributed by atoms with van der Waals surface area (Å²) in [6.07, 6.45) is 2.53. The summed E-state index contributed by atoms with van der Waals surface area (Å²) in [7, 11) is -0.956. The van der Waals surface area contributed by atoms with Crippen molar-refractivity contribution in [1.82, 2.24) is 19.0 Å². The van der Waals surface area contributed by atoms with Gasteiger partial charge in [0.05, 0.1) is 5.75 Å². The van der Waals surface area contributed by atoms with Gasteiger partial charge in [-0.1, -0.05) is 29.8 Å². The zero-order chi connectivity index (χ0) is 19.7. The molecule has 4 rings (SSSR count). The molecule has 0 aliphatic carbocycles. The van der Waals surface area contributed by atoms with Gasteiger partial charge in [0.2, 0.25) is 10.0 Å². The summed E-state index contributed by atoms with van der Waals surface area (Å²) in [4.78, 5) is 7.47. The lowest BCUT2D eigenvalue weighted by Gasteiger charge is -2.43. The van der Waals surface area contributed by atoms with Gasteiger partial charge in [-0.05, 0) is 45.5 Å². The van der Waals surface area contributed by atoms with E-state index >= 15 is 0 Å². The van der Waals surface area contributed by atoms with Crippen LogP contribution in [0.5, 0.6) is 0 Å². The third-order valence-corrected chi connectivity index (χ3v) is 8.63. The third kappa shape index (κ3) is 4.60. The van der Waals surface area contributed by atoms with E-state index in [9.17, 15) is 8.42 Å². The monoisotopic (exact) mass is 406 g/mol. The van der Waals surface area contributed by atoms with Crippen molar-refractivity contribution in [1.29, 1.82) is 0 Å². The Kier molecular flexibility index (Phi) is 6.09. The molecule has 0 bridgehead atoms. The number of benzene rings is 1. The Bertz CT molecular complexity index is 751. The van der Waals surface area contributed by atoms with Crippen molar-refractivity contribution in [3.63, 3.8) is 0 Å². The number of aryl methyl sites for hydroxylation is 1. The van der Waals surface area contributed by atoms with E-state index in [1.165, 1.54) is 31.5 Å². The van der Waals surface area contributed by atoms with Crippen molar-refractivity contribution in [2.45, 2.75) is 38.4 Å². The molecule has 3 aliphatic heterocycles. The fourth-order valence-electron chi connectivity index (χ4n) is 4.86.